The first-order chi connectivity index (χ1) is 16.4. The summed E-state index contributed by atoms with van der Waals surface area (Å²) >= 11 is 9.01. The van der Waals surface area contributed by atoms with Crippen molar-refractivity contribution >= 4 is 34.7 Å². The summed E-state index contributed by atoms with van der Waals surface area (Å²) in [5, 5.41) is 0.716. The molecule has 1 aliphatic rings. The first-order valence-electron chi connectivity index (χ1n) is 10.8. The smallest absolute Gasteiger partial charge is 0.260 e. The molecule has 2 unspecified atom stereocenters. The van der Waals surface area contributed by atoms with Gasteiger partial charge in [0.05, 0.1) is 27.0 Å². The van der Waals surface area contributed by atoms with Gasteiger partial charge in [0.15, 0.2) is 0 Å². The van der Waals surface area contributed by atoms with Gasteiger partial charge in [-0.1, -0.05) is 48.0 Å². The number of pyridine rings is 1. The number of aromatic nitrogens is 1. The molecule has 5 rings (SSSR count). The molecule has 2 aromatic heterocycles. The molecular weight excluding hydrogens is 494 g/mol. The average Bonchev–Trinajstić information content (AvgIpc) is 3.45. The van der Waals surface area contributed by atoms with Gasteiger partial charge in [0, 0.05) is 22.6 Å². The highest BCUT2D eigenvalue weighted by atomic mass is 35.5. The van der Waals surface area contributed by atoms with Crippen LogP contribution in [0.15, 0.2) is 70.5 Å². The van der Waals surface area contributed by atoms with Gasteiger partial charge < -0.3 is 5.73 Å². The summed E-state index contributed by atoms with van der Waals surface area (Å²) in [6.45, 7) is 1.84. The largest absolute Gasteiger partial charge is 0.322 e. The van der Waals surface area contributed by atoms with E-state index in [9.17, 15) is 13.6 Å². The van der Waals surface area contributed by atoms with Gasteiger partial charge in [-0.3, -0.25) is 9.36 Å². The lowest BCUT2D eigenvalue weighted by molar-refractivity contribution is 0.435. The van der Waals surface area contributed by atoms with Crippen LogP contribution in [0.3, 0.4) is 0 Å². The Kier molecular flexibility index (Phi) is 6.37. The number of fused-ring (bicyclic) bond motifs is 1. The van der Waals surface area contributed by atoms with E-state index in [4.69, 9.17) is 17.3 Å². The SMILES string of the molecule is Cc1c(Cc2c(F)cccc2F)c2n(c(=O)c1-c1ccc(Cl)s1)C(C(N)c1ccccc1)CS2. The van der Waals surface area contributed by atoms with Crippen molar-refractivity contribution in [1.29, 1.82) is 0 Å². The zero-order chi connectivity index (χ0) is 24.0. The van der Waals surface area contributed by atoms with Crippen molar-refractivity contribution < 1.29 is 8.78 Å². The lowest BCUT2D eigenvalue weighted by atomic mass is 9.96. The normalized spacial score (nSPS) is 16.0. The predicted octanol–water partition coefficient (Wildman–Crippen LogP) is 6.75. The Hall–Kier alpha value is -2.45. The predicted molar refractivity (Wildman–Crippen MR) is 136 cm³/mol. The van der Waals surface area contributed by atoms with Crippen molar-refractivity contribution in [3.63, 3.8) is 0 Å². The van der Waals surface area contributed by atoms with E-state index in [0.29, 0.717) is 26.2 Å². The summed E-state index contributed by atoms with van der Waals surface area (Å²) in [5.41, 5.74) is 9.34. The highest BCUT2D eigenvalue weighted by Crippen LogP contribution is 2.44. The van der Waals surface area contributed by atoms with Crippen LogP contribution >= 0.6 is 34.7 Å². The van der Waals surface area contributed by atoms with Crippen molar-refractivity contribution in [2.75, 3.05) is 5.75 Å². The molecule has 0 radical (unpaired) electrons. The molecule has 0 saturated heterocycles. The van der Waals surface area contributed by atoms with Crippen LogP contribution in [0.1, 0.15) is 34.3 Å². The van der Waals surface area contributed by atoms with Crippen LogP contribution in [0, 0.1) is 18.6 Å². The Labute approximate surface area is 209 Å². The van der Waals surface area contributed by atoms with Crippen LogP contribution in [0.5, 0.6) is 0 Å². The standard InChI is InChI=1S/C26H21ClF2N2OS2/c1-14-16(12-17-18(28)8-5-9-19(17)29)26-31(25(32)23(14)21-10-11-22(27)34-21)20(13-33-26)24(30)15-6-3-2-4-7-15/h2-11,20,24H,12-13,30H2,1H3. The second-order valence-electron chi connectivity index (χ2n) is 8.25. The first kappa shape index (κ1) is 23.3. The molecule has 2 aromatic carbocycles. The first-order valence-corrected chi connectivity index (χ1v) is 12.9. The zero-order valence-corrected chi connectivity index (χ0v) is 20.6. The maximum atomic E-state index is 14.6. The quantitative estimate of drug-likeness (QED) is 0.320. The van der Waals surface area contributed by atoms with E-state index in [-0.39, 0.29) is 23.6 Å². The third-order valence-electron chi connectivity index (χ3n) is 6.29. The van der Waals surface area contributed by atoms with Crippen LogP contribution in [-0.4, -0.2) is 10.3 Å². The molecule has 8 heteroatoms. The number of hydrogen-bond acceptors (Lipinski definition) is 4. The second-order valence-corrected chi connectivity index (χ2v) is 11.0. The number of benzene rings is 2. The highest BCUT2D eigenvalue weighted by molar-refractivity contribution is 7.99. The summed E-state index contributed by atoms with van der Waals surface area (Å²) in [6.07, 6.45) is 0.0341. The van der Waals surface area contributed by atoms with Gasteiger partial charge in [-0.25, -0.2) is 8.78 Å². The monoisotopic (exact) mass is 514 g/mol. The van der Waals surface area contributed by atoms with Crippen LogP contribution in [0.2, 0.25) is 4.34 Å². The fourth-order valence-corrected chi connectivity index (χ4v) is 7.09. The molecule has 2 atom stereocenters. The number of hydrogen-bond donors (Lipinski definition) is 1. The maximum absolute atomic E-state index is 14.6. The summed E-state index contributed by atoms with van der Waals surface area (Å²) in [5.74, 6) is -0.622. The van der Waals surface area contributed by atoms with Gasteiger partial charge in [0.1, 0.15) is 11.6 Å². The van der Waals surface area contributed by atoms with Crippen LogP contribution in [0.4, 0.5) is 8.78 Å². The number of thioether (sulfide) groups is 1. The van der Waals surface area contributed by atoms with Gasteiger partial charge >= 0.3 is 0 Å². The number of nitrogens with two attached hydrogens (primary N) is 1. The van der Waals surface area contributed by atoms with Gasteiger partial charge in [-0.05, 0) is 47.9 Å². The lowest BCUT2D eigenvalue weighted by Gasteiger charge is -2.24. The highest BCUT2D eigenvalue weighted by Gasteiger charge is 2.35. The summed E-state index contributed by atoms with van der Waals surface area (Å²) in [6, 6.07) is 16.4. The number of thiophene rings is 1. The molecule has 4 aromatic rings. The third kappa shape index (κ3) is 4.01. The van der Waals surface area contributed by atoms with Gasteiger partial charge in [0.2, 0.25) is 0 Å². The Balaban J connectivity index is 1.73. The second kappa shape index (κ2) is 9.30. The molecule has 3 nitrogen and oxygen atoms in total. The van der Waals surface area contributed by atoms with Crippen LogP contribution in [0.25, 0.3) is 10.4 Å². The van der Waals surface area contributed by atoms with Gasteiger partial charge in [-0.2, -0.15) is 0 Å². The Morgan fingerprint density at radius 2 is 1.76 bits per heavy atom. The Morgan fingerprint density at radius 3 is 2.41 bits per heavy atom. The van der Waals surface area contributed by atoms with Crippen molar-refractivity contribution in [2.45, 2.75) is 30.5 Å². The van der Waals surface area contributed by atoms with E-state index in [1.807, 2.05) is 43.3 Å². The molecular formula is C26H21ClF2N2OS2. The molecule has 1 aliphatic heterocycles. The van der Waals surface area contributed by atoms with Gasteiger partial charge in [-0.15, -0.1) is 23.1 Å². The minimum Gasteiger partial charge on any atom is -0.322 e. The average molecular weight is 515 g/mol. The van der Waals surface area contributed by atoms with Crippen molar-refractivity contribution in [2.24, 2.45) is 5.73 Å². The zero-order valence-electron chi connectivity index (χ0n) is 18.2. The number of nitrogens with zero attached hydrogens (tertiary/aromatic N) is 1. The molecule has 2 N–H and O–H groups in total. The maximum Gasteiger partial charge on any atom is 0.260 e. The molecule has 174 valence electrons. The summed E-state index contributed by atoms with van der Waals surface area (Å²) < 4.78 is 31.5. The minimum absolute atomic E-state index is 0.0152. The van der Waals surface area contributed by atoms with E-state index in [2.05, 4.69) is 0 Å². The molecule has 0 fully saturated rings. The molecule has 0 saturated carbocycles. The molecule has 0 aliphatic carbocycles. The topological polar surface area (TPSA) is 48.0 Å². The number of rotatable bonds is 5. The van der Waals surface area contributed by atoms with Crippen molar-refractivity contribution in [3.05, 3.63) is 109 Å². The van der Waals surface area contributed by atoms with Crippen LogP contribution in [-0.2, 0) is 6.42 Å². The van der Waals surface area contributed by atoms with E-state index in [1.54, 1.807) is 10.6 Å². The van der Waals surface area contributed by atoms with Crippen molar-refractivity contribution in [3.8, 4) is 10.4 Å². The Morgan fingerprint density at radius 1 is 1.06 bits per heavy atom. The fourth-order valence-electron chi connectivity index (χ4n) is 4.51. The van der Waals surface area contributed by atoms with E-state index in [1.165, 1.54) is 41.3 Å². The minimum atomic E-state index is -0.606. The molecule has 0 amide bonds. The Bertz CT molecular complexity index is 1410. The number of halogens is 3. The van der Waals surface area contributed by atoms with E-state index < -0.39 is 17.7 Å². The van der Waals surface area contributed by atoms with E-state index in [0.717, 1.165) is 16.0 Å². The van der Waals surface area contributed by atoms with Gasteiger partial charge in [0.25, 0.3) is 5.56 Å². The van der Waals surface area contributed by atoms with Crippen LogP contribution < -0.4 is 11.3 Å². The summed E-state index contributed by atoms with van der Waals surface area (Å²) in [7, 11) is 0. The lowest BCUT2D eigenvalue weighted by Crippen LogP contribution is -2.33. The summed E-state index contributed by atoms with van der Waals surface area (Å²) in [4.78, 5) is 14.6. The van der Waals surface area contributed by atoms with E-state index >= 15 is 0 Å². The third-order valence-corrected chi connectivity index (χ3v) is 8.77. The van der Waals surface area contributed by atoms with Crippen molar-refractivity contribution in [1.82, 2.24) is 4.57 Å². The fraction of sp³-hybridized carbons (Fsp3) is 0.192. The molecule has 0 bridgehead atoms. The molecule has 0 spiro atoms. The molecule has 34 heavy (non-hydrogen) atoms. The molecule has 3 heterocycles.